The number of nitrogens with one attached hydrogen (secondary N) is 4. The Morgan fingerprint density at radius 1 is 0.746 bits per heavy atom. The van der Waals surface area contributed by atoms with Crippen molar-refractivity contribution in [2.45, 2.75) is 76.3 Å². The number of methoxy groups -OCH3 is 2. The summed E-state index contributed by atoms with van der Waals surface area (Å²) in [6, 6.07) is 13.5. The molecular weight excluding hydrogens is 773 g/mol. The van der Waals surface area contributed by atoms with Gasteiger partial charge >= 0.3 is 18.4 Å². The van der Waals surface area contributed by atoms with Crippen molar-refractivity contribution >= 4 is 24.0 Å². The highest BCUT2D eigenvalue weighted by Crippen LogP contribution is 2.35. The number of likely N-dealkylation sites (tertiary alicyclic amines) is 2. The van der Waals surface area contributed by atoms with E-state index in [4.69, 9.17) is 9.47 Å². The van der Waals surface area contributed by atoms with E-state index in [9.17, 15) is 32.3 Å². The van der Waals surface area contributed by atoms with Crippen molar-refractivity contribution in [3.05, 3.63) is 72.6 Å². The van der Waals surface area contributed by atoms with Gasteiger partial charge in [0.15, 0.2) is 0 Å². The van der Waals surface area contributed by atoms with Crippen molar-refractivity contribution in [2.75, 3.05) is 40.5 Å². The van der Waals surface area contributed by atoms with Gasteiger partial charge in [-0.05, 0) is 53.9 Å². The molecule has 59 heavy (non-hydrogen) atoms. The molecule has 4 N–H and O–H groups in total. The van der Waals surface area contributed by atoms with Crippen molar-refractivity contribution in [1.82, 2.24) is 40.4 Å². The number of hydrogen-bond donors (Lipinski definition) is 4. The van der Waals surface area contributed by atoms with Crippen LogP contribution in [0, 0.1) is 5.92 Å². The van der Waals surface area contributed by atoms with Crippen LogP contribution in [0.15, 0.2) is 60.9 Å². The number of carbonyl (C=O) groups is 4. The highest BCUT2D eigenvalue weighted by Gasteiger charge is 2.38. The van der Waals surface area contributed by atoms with Gasteiger partial charge in [0.05, 0.1) is 50.1 Å². The number of carbonyl (C=O) groups excluding carboxylic acids is 4. The monoisotopic (exact) mass is 822 g/mol. The largest absolute Gasteiger partial charge is 0.453 e. The van der Waals surface area contributed by atoms with Crippen LogP contribution in [0.1, 0.15) is 69.7 Å². The summed E-state index contributed by atoms with van der Waals surface area (Å²) in [5.41, 5.74) is 5.34. The van der Waals surface area contributed by atoms with Crippen LogP contribution in [0.2, 0.25) is 0 Å². The average Bonchev–Trinajstić information content (AvgIpc) is 4.07. The number of aromatic amines is 2. The van der Waals surface area contributed by atoms with Gasteiger partial charge in [0, 0.05) is 26.1 Å². The SMILES string of the molecule is COC(=O)NC(CCOCC(F)(F)F)C(=O)N1CCCC1c1ncc(-c2ccc(-c3ccc(-c4cnc(C5CCCN5C(=O)C(NC(=O)OC)C(C)C)[nH]4)cc3)cc2)[nH]1. The average molecular weight is 823 g/mol. The predicted molar refractivity (Wildman–Crippen MR) is 209 cm³/mol. The maximum atomic E-state index is 13.6. The van der Waals surface area contributed by atoms with Crippen LogP contribution < -0.4 is 10.6 Å². The standard InChI is InChI=1S/C41H49F3N8O7/c1-24(2)34(50-40(56)58-4)38(54)52-19-6-8-33(52)36-46-22-31(48-36)28-15-11-26(12-16-28)25-9-13-27(14-10-25)30-21-45-35(47-30)32-7-5-18-51(32)37(53)29(49-39(55)57-3)17-20-59-23-41(42,43)44/h9-16,21-22,24,29,32-34H,5-8,17-20,23H2,1-4H3,(H,45,47)(H,46,48)(H,49,55)(H,50,56). The minimum absolute atomic E-state index is 0.130. The van der Waals surface area contributed by atoms with E-state index in [2.05, 4.69) is 35.3 Å². The molecule has 4 unspecified atom stereocenters. The van der Waals surface area contributed by atoms with Crippen LogP contribution in [0.3, 0.4) is 0 Å². The van der Waals surface area contributed by atoms with Gasteiger partial charge in [-0.1, -0.05) is 62.4 Å². The molecule has 0 saturated carbocycles. The van der Waals surface area contributed by atoms with Crippen molar-refractivity contribution in [3.63, 3.8) is 0 Å². The molecule has 2 aliphatic rings. The van der Waals surface area contributed by atoms with E-state index in [-0.39, 0.29) is 24.3 Å². The van der Waals surface area contributed by atoms with Crippen molar-refractivity contribution < 1.29 is 46.6 Å². The summed E-state index contributed by atoms with van der Waals surface area (Å²) in [6.07, 6.45) is 0.105. The molecule has 2 aromatic heterocycles. The van der Waals surface area contributed by atoms with Crippen LogP contribution in [0.4, 0.5) is 22.8 Å². The summed E-state index contributed by atoms with van der Waals surface area (Å²) in [5.74, 6) is 0.482. The zero-order chi connectivity index (χ0) is 42.3. The van der Waals surface area contributed by atoms with Crippen LogP contribution >= 0.6 is 0 Å². The molecular formula is C41H49F3N8O7. The normalized spacial score (nSPS) is 17.8. The predicted octanol–water partition coefficient (Wildman–Crippen LogP) is 6.54. The lowest BCUT2D eigenvalue weighted by Crippen LogP contribution is -2.51. The number of alkyl carbamates (subject to hydrolysis) is 2. The molecule has 0 radical (unpaired) electrons. The summed E-state index contributed by atoms with van der Waals surface area (Å²) in [4.78, 5) is 70.4. The molecule has 316 valence electrons. The molecule has 4 atom stereocenters. The van der Waals surface area contributed by atoms with Gasteiger partial charge in [-0.15, -0.1) is 0 Å². The molecule has 2 fully saturated rings. The number of aromatic nitrogens is 4. The molecule has 0 aliphatic carbocycles. The number of ether oxygens (including phenoxy) is 3. The Balaban J connectivity index is 1.09. The first kappa shape index (κ1) is 42.7. The number of hydrogen-bond acceptors (Lipinski definition) is 9. The second kappa shape index (κ2) is 18.8. The molecule has 4 amide bonds. The highest BCUT2D eigenvalue weighted by molar-refractivity contribution is 5.87. The fourth-order valence-electron chi connectivity index (χ4n) is 7.55. The molecule has 2 aromatic carbocycles. The van der Waals surface area contributed by atoms with Gasteiger partial charge in [-0.25, -0.2) is 19.6 Å². The molecule has 0 spiro atoms. The number of nitrogens with zero attached hydrogens (tertiary/aromatic N) is 4. The van der Waals surface area contributed by atoms with Crippen LogP contribution in [-0.4, -0.2) is 113 Å². The molecule has 4 heterocycles. The summed E-state index contributed by atoms with van der Waals surface area (Å²) >= 11 is 0. The van der Waals surface area contributed by atoms with E-state index in [1.807, 2.05) is 62.4 Å². The van der Waals surface area contributed by atoms with E-state index < -0.39 is 55.6 Å². The number of H-pyrrole nitrogens is 2. The van der Waals surface area contributed by atoms with Crippen molar-refractivity contribution in [2.24, 2.45) is 5.92 Å². The summed E-state index contributed by atoms with van der Waals surface area (Å²) in [5, 5.41) is 5.10. The maximum absolute atomic E-state index is 13.6. The highest BCUT2D eigenvalue weighted by atomic mass is 19.4. The summed E-state index contributed by atoms with van der Waals surface area (Å²) in [7, 11) is 2.41. The van der Waals surface area contributed by atoms with Gasteiger partial charge in [0.2, 0.25) is 11.8 Å². The molecule has 18 heteroatoms. The molecule has 15 nitrogen and oxygen atoms in total. The Kier molecular flexibility index (Phi) is 13.6. The van der Waals surface area contributed by atoms with Gasteiger partial charge in [-0.2, -0.15) is 13.2 Å². The van der Waals surface area contributed by atoms with E-state index in [1.54, 1.807) is 22.2 Å². The first-order chi connectivity index (χ1) is 28.3. The second-order valence-corrected chi connectivity index (χ2v) is 14.9. The lowest BCUT2D eigenvalue weighted by molar-refractivity contribution is -0.174. The fourth-order valence-corrected chi connectivity index (χ4v) is 7.55. The Hall–Kier alpha value is -5.91. The summed E-state index contributed by atoms with van der Waals surface area (Å²) in [6.45, 7) is 2.86. The third kappa shape index (κ3) is 10.4. The Morgan fingerprint density at radius 2 is 1.20 bits per heavy atom. The minimum Gasteiger partial charge on any atom is -0.453 e. The van der Waals surface area contributed by atoms with E-state index >= 15 is 0 Å². The van der Waals surface area contributed by atoms with Crippen LogP contribution in [0.5, 0.6) is 0 Å². The third-order valence-electron chi connectivity index (χ3n) is 10.6. The van der Waals surface area contributed by atoms with Crippen LogP contribution in [0.25, 0.3) is 33.6 Å². The topological polar surface area (TPSA) is 184 Å². The Bertz CT molecular complexity index is 2070. The third-order valence-corrected chi connectivity index (χ3v) is 10.6. The van der Waals surface area contributed by atoms with Gasteiger partial charge < -0.3 is 44.6 Å². The molecule has 2 aliphatic heterocycles. The zero-order valence-electron chi connectivity index (χ0n) is 33.3. The van der Waals surface area contributed by atoms with E-state index in [0.29, 0.717) is 37.6 Å². The first-order valence-corrected chi connectivity index (χ1v) is 19.5. The quantitative estimate of drug-likeness (QED) is 0.103. The maximum Gasteiger partial charge on any atom is 0.411 e. The van der Waals surface area contributed by atoms with Crippen molar-refractivity contribution in [1.29, 1.82) is 0 Å². The molecule has 0 bridgehead atoms. The number of benzene rings is 2. The zero-order valence-corrected chi connectivity index (χ0v) is 33.3. The van der Waals surface area contributed by atoms with Gasteiger partial charge in [0.1, 0.15) is 30.3 Å². The summed E-state index contributed by atoms with van der Waals surface area (Å²) < 4.78 is 51.8. The smallest absolute Gasteiger partial charge is 0.411 e. The van der Waals surface area contributed by atoms with E-state index in [0.717, 1.165) is 53.6 Å². The number of alkyl halides is 3. The Morgan fingerprint density at radius 3 is 1.66 bits per heavy atom. The van der Waals surface area contributed by atoms with E-state index in [1.165, 1.54) is 7.11 Å². The van der Waals surface area contributed by atoms with Crippen molar-refractivity contribution in [3.8, 4) is 33.6 Å². The van der Waals surface area contributed by atoms with Gasteiger partial charge in [0.25, 0.3) is 0 Å². The molecule has 4 aromatic rings. The molecule has 2 saturated heterocycles. The first-order valence-electron chi connectivity index (χ1n) is 19.5. The lowest BCUT2D eigenvalue weighted by atomic mass is 10.0. The molecule has 6 rings (SSSR count). The number of halogens is 3. The fraction of sp³-hybridized carbons (Fsp3) is 0.463. The number of rotatable bonds is 14. The van der Waals surface area contributed by atoms with Crippen LogP contribution in [-0.2, 0) is 23.8 Å². The van der Waals surface area contributed by atoms with Gasteiger partial charge in [-0.3, -0.25) is 9.59 Å². The second-order valence-electron chi connectivity index (χ2n) is 14.9. The number of imidazole rings is 2. The minimum atomic E-state index is -4.51. The lowest BCUT2D eigenvalue weighted by Gasteiger charge is -2.30. The Labute approximate surface area is 339 Å². The number of amides is 4.